The lowest BCUT2D eigenvalue weighted by Crippen LogP contribution is -1.95. The van der Waals surface area contributed by atoms with E-state index in [4.69, 9.17) is 5.11 Å². The molecule has 2 rings (SSSR count). The molecule has 0 bridgehead atoms. The second-order valence-electron chi connectivity index (χ2n) is 3.42. The van der Waals surface area contributed by atoms with Crippen molar-refractivity contribution < 1.29 is 9.90 Å². The number of carboxylic acid groups (broad SMARTS) is 1. The molecule has 0 saturated carbocycles. The van der Waals surface area contributed by atoms with E-state index in [0.29, 0.717) is 5.56 Å². The molecule has 0 atom stereocenters. The second-order valence-corrected chi connectivity index (χ2v) is 5.21. The summed E-state index contributed by atoms with van der Waals surface area (Å²) in [6.07, 6.45) is 0. The third-order valence-corrected chi connectivity index (χ3v) is 4.04. The van der Waals surface area contributed by atoms with E-state index >= 15 is 0 Å². The minimum Gasteiger partial charge on any atom is -0.478 e. The molecule has 82 valence electrons. The Labute approximate surface area is 106 Å². The van der Waals surface area contributed by atoms with Gasteiger partial charge in [-0.3, -0.25) is 0 Å². The van der Waals surface area contributed by atoms with E-state index in [1.165, 1.54) is 11.3 Å². The number of rotatable bonds is 2. The van der Waals surface area contributed by atoms with Gasteiger partial charge in [-0.2, -0.15) is 0 Å². The van der Waals surface area contributed by atoms with Crippen LogP contribution in [-0.4, -0.2) is 11.1 Å². The summed E-state index contributed by atoms with van der Waals surface area (Å²) in [7, 11) is 0. The van der Waals surface area contributed by atoms with Crippen molar-refractivity contribution in [1.29, 1.82) is 0 Å². The predicted molar refractivity (Wildman–Crippen MR) is 69.2 cm³/mol. The molecular weight excluding hydrogens is 288 g/mol. The molecule has 1 N–H and O–H groups in total. The molecule has 1 heterocycles. The molecule has 0 radical (unpaired) electrons. The fourth-order valence-corrected chi connectivity index (χ4v) is 2.85. The second kappa shape index (κ2) is 4.39. The van der Waals surface area contributed by atoms with Crippen molar-refractivity contribution in [3.05, 3.63) is 45.2 Å². The predicted octanol–water partition coefficient (Wildman–Crippen LogP) is 4.18. The Kier molecular flexibility index (Phi) is 3.12. The molecule has 0 amide bonds. The fourth-order valence-electron chi connectivity index (χ4n) is 1.51. The number of hydrogen-bond acceptors (Lipinski definition) is 2. The number of hydrogen-bond donors (Lipinski definition) is 1. The van der Waals surface area contributed by atoms with Gasteiger partial charge < -0.3 is 5.11 Å². The third kappa shape index (κ3) is 2.03. The third-order valence-electron chi connectivity index (χ3n) is 2.38. The Hall–Kier alpha value is -1.13. The van der Waals surface area contributed by atoms with Crippen LogP contribution in [0.3, 0.4) is 0 Å². The van der Waals surface area contributed by atoms with Gasteiger partial charge in [0.1, 0.15) is 0 Å². The summed E-state index contributed by atoms with van der Waals surface area (Å²) >= 11 is 4.84. The monoisotopic (exact) mass is 296 g/mol. The molecule has 16 heavy (non-hydrogen) atoms. The van der Waals surface area contributed by atoms with Gasteiger partial charge in [0.2, 0.25) is 0 Å². The Morgan fingerprint density at radius 1 is 1.31 bits per heavy atom. The minimum atomic E-state index is -0.864. The van der Waals surface area contributed by atoms with E-state index in [1.54, 1.807) is 5.38 Å². The SMILES string of the molecule is Cc1c(C(=O)O)csc1-c1ccc(Br)cc1. The van der Waals surface area contributed by atoms with Crippen LogP contribution in [-0.2, 0) is 0 Å². The van der Waals surface area contributed by atoms with Crippen molar-refractivity contribution in [2.24, 2.45) is 0 Å². The average Bonchev–Trinajstić information content (AvgIpc) is 2.61. The fraction of sp³-hybridized carbons (Fsp3) is 0.0833. The van der Waals surface area contributed by atoms with Crippen molar-refractivity contribution in [1.82, 2.24) is 0 Å². The van der Waals surface area contributed by atoms with Crippen LogP contribution in [0.1, 0.15) is 15.9 Å². The Balaban J connectivity index is 2.49. The van der Waals surface area contributed by atoms with Crippen LogP contribution >= 0.6 is 27.3 Å². The molecule has 0 saturated heterocycles. The van der Waals surface area contributed by atoms with Crippen LogP contribution in [0.2, 0.25) is 0 Å². The average molecular weight is 297 g/mol. The number of halogens is 1. The highest BCUT2D eigenvalue weighted by molar-refractivity contribution is 9.10. The molecular formula is C12H9BrO2S. The lowest BCUT2D eigenvalue weighted by molar-refractivity contribution is 0.0697. The van der Waals surface area contributed by atoms with Crippen LogP contribution in [0.25, 0.3) is 10.4 Å². The summed E-state index contributed by atoms with van der Waals surface area (Å²) < 4.78 is 1.02. The lowest BCUT2D eigenvalue weighted by Gasteiger charge is -2.00. The number of benzene rings is 1. The molecule has 2 nitrogen and oxygen atoms in total. The van der Waals surface area contributed by atoms with E-state index in [-0.39, 0.29) is 0 Å². The largest absolute Gasteiger partial charge is 0.478 e. The van der Waals surface area contributed by atoms with E-state index in [2.05, 4.69) is 15.9 Å². The van der Waals surface area contributed by atoms with Crippen LogP contribution in [0.15, 0.2) is 34.1 Å². The maximum Gasteiger partial charge on any atom is 0.336 e. The van der Waals surface area contributed by atoms with Crippen LogP contribution in [0, 0.1) is 6.92 Å². The first-order valence-corrected chi connectivity index (χ1v) is 6.34. The zero-order chi connectivity index (χ0) is 11.7. The topological polar surface area (TPSA) is 37.3 Å². The first-order valence-electron chi connectivity index (χ1n) is 4.67. The zero-order valence-corrected chi connectivity index (χ0v) is 10.9. The number of aromatic carboxylic acids is 1. The number of carboxylic acids is 1. The Morgan fingerprint density at radius 2 is 1.94 bits per heavy atom. The highest BCUT2D eigenvalue weighted by Crippen LogP contribution is 2.32. The lowest BCUT2D eigenvalue weighted by atomic mass is 10.1. The summed E-state index contributed by atoms with van der Waals surface area (Å²) in [5, 5.41) is 10.7. The highest BCUT2D eigenvalue weighted by atomic mass is 79.9. The molecule has 1 aromatic heterocycles. The van der Waals surface area contributed by atoms with Crippen LogP contribution in [0.5, 0.6) is 0 Å². The summed E-state index contributed by atoms with van der Waals surface area (Å²) in [6, 6.07) is 7.87. The first-order chi connectivity index (χ1) is 7.59. The summed E-state index contributed by atoms with van der Waals surface area (Å²) in [6.45, 7) is 1.84. The molecule has 0 unspecified atom stereocenters. The van der Waals surface area contributed by atoms with Gasteiger partial charge in [-0.15, -0.1) is 11.3 Å². The standard InChI is InChI=1S/C12H9BrO2S/c1-7-10(12(14)15)6-16-11(7)8-2-4-9(13)5-3-8/h2-6H,1H3,(H,14,15). The van der Waals surface area contributed by atoms with Gasteiger partial charge in [0.15, 0.2) is 0 Å². The maximum atomic E-state index is 10.9. The van der Waals surface area contributed by atoms with Gasteiger partial charge in [-0.25, -0.2) is 4.79 Å². The van der Waals surface area contributed by atoms with Crippen LogP contribution in [0.4, 0.5) is 0 Å². The molecule has 0 fully saturated rings. The van der Waals surface area contributed by atoms with E-state index in [9.17, 15) is 4.79 Å². The molecule has 1 aromatic carbocycles. The van der Waals surface area contributed by atoms with Gasteiger partial charge in [-0.1, -0.05) is 28.1 Å². The molecule has 4 heteroatoms. The number of carbonyl (C=O) groups is 1. The number of thiophene rings is 1. The normalized spacial score (nSPS) is 10.4. The van der Waals surface area contributed by atoms with Gasteiger partial charge in [0.25, 0.3) is 0 Å². The van der Waals surface area contributed by atoms with E-state index in [1.807, 2.05) is 31.2 Å². The maximum absolute atomic E-state index is 10.9. The van der Waals surface area contributed by atoms with E-state index in [0.717, 1.165) is 20.5 Å². The van der Waals surface area contributed by atoms with Crippen molar-refractivity contribution in [2.45, 2.75) is 6.92 Å². The van der Waals surface area contributed by atoms with Gasteiger partial charge in [-0.05, 0) is 30.2 Å². The zero-order valence-electron chi connectivity index (χ0n) is 8.53. The minimum absolute atomic E-state index is 0.392. The van der Waals surface area contributed by atoms with E-state index < -0.39 is 5.97 Å². The van der Waals surface area contributed by atoms with Crippen molar-refractivity contribution >= 4 is 33.2 Å². The summed E-state index contributed by atoms with van der Waals surface area (Å²) in [4.78, 5) is 11.9. The summed E-state index contributed by atoms with van der Waals surface area (Å²) in [5.74, 6) is -0.864. The molecule has 0 aliphatic heterocycles. The smallest absolute Gasteiger partial charge is 0.336 e. The van der Waals surface area contributed by atoms with Gasteiger partial charge in [0.05, 0.1) is 5.56 Å². The molecule has 0 aliphatic rings. The molecule has 2 aromatic rings. The molecule has 0 aliphatic carbocycles. The van der Waals surface area contributed by atoms with Gasteiger partial charge >= 0.3 is 5.97 Å². The Bertz CT molecular complexity index is 528. The van der Waals surface area contributed by atoms with Gasteiger partial charge in [0, 0.05) is 14.7 Å². The first kappa shape index (κ1) is 11.4. The van der Waals surface area contributed by atoms with Crippen molar-refractivity contribution in [2.75, 3.05) is 0 Å². The van der Waals surface area contributed by atoms with Crippen molar-refractivity contribution in [3.63, 3.8) is 0 Å². The summed E-state index contributed by atoms with van der Waals surface area (Å²) in [5.41, 5.74) is 2.28. The van der Waals surface area contributed by atoms with Crippen LogP contribution < -0.4 is 0 Å². The van der Waals surface area contributed by atoms with Crippen molar-refractivity contribution in [3.8, 4) is 10.4 Å². The Morgan fingerprint density at radius 3 is 2.44 bits per heavy atom. The highest BCUT2D eigenvalue weighted by Gasteiger charge is 2.14. The quantitative estimate of drug-likeness (QED) is 0.902. The molecule has 0 spiro atoms.